The first kappa shape index (κ1) is 18.4. The lowest BCUT2D eigenvalue weighted by Gasteiger charge is -2.34. The second-order valence-electron chi connectivity index (χ2n) is 7.66. The van der Waals surface area contributed by atoms with Crippen LogP contribution in [0.3, 0.4) is 0 Å². The highest BCUT2D eigenvalue weighted by Gasteiger charge is 2.32. The average Bonchev–Trinajstić information content (AvgIpc) is 3.29. The number of nitrogens with zero attached hydrogens (tertiary/aromatic N) is 2. The number of hydrogen-bond donors (Lipinski definition) is 2. The molecule has 1 saturated heterocycles. The van der Waals surface area contributed by atoms with Crippen molar-refractivity contribution in [2.45, 2.75) is 25.3 Å². The van der Waals surface area contributed by atoms with Crippen molar-refractivity contribution in [3.63, 3.8) is 0 Å². The molecule has 3 heterocycles. The minimum Gasteiger partial charge on any atom is -0.340 e. The first-order valence-corrected chi connectivity index (χ1v) is 10.2. The van der Waals surface area contributed by atoms with Crippen LogP contribution in [0.25, 0.3) is 22.2 Å². The van der Waals surface area contributed by atoms with Crippen molar-refractivity contribution >= 4 is 16.8 Å². The fourth-order valence-electron chi connectivity index (χ4n) is 4.19. The molecule has 2 aromatic carbocycles. The van der Waals surface area contributed by atoms with E-state index in [-0.39, 0.29) is 23.1 Å². The number of H-pyrrole nitrogens is 2. The number of fused-ring (bicyclic) bond motifs is 1. The molecule has 6 nitrogen and oxygen atoms in total. The van der Waals surface area contributed by atoms with Crippen LogP contribution in [0.1, 0.15) is 41.5 Å². The summed E-state index contributed by atoms with van der Waals surface area (Å²) in [5, 5.41) is 0.846. The number of likely N-dealkylation sites (tertiary alicyclic amines) is 1. The van der Waals surface area contributed by atoms with Gasteiger partial charge in [-0.15, -0.1) is 0 Å². The van der Waals surface area contributed by atoms with Crippen molar-refractivity contribution in [1.82, 2.24) is 19.9 Å². The van der Waals surface area contributed by atoms with Gasteiger partial charge in [0.15, 0.2) is 0 Å². The zero-order valence-electron chi connectivity index (χ0n) is 16.5. The lowest BCUT2D eigenvalue weighted by molar-refractivity contribution is 0.0599. The molecule has 0 spiro atoms. The third-order valence-electron chi connectivity index (χ3n) is 5.74. The molecule has 1 aliphatic heterocycles. The topological polar surface area (TPSA) is 81.8 Å². The number of aromatic amines is 2. The molecule has 4 aromatic rings. The number of piperidine rings is 1. The van der Waals surface area contributed by atoms with Crippen molar-refractivity contribution < 1.29 is 4.79 Å². The molecule has 2 N–H and O–H groups in total. The van der Waals surface area contributed by atoms with Crippen LogP contribution in [-0.2, 0) is 0 Å². The molecule has 30 heavy (non-hydrogen) atoms. The summed E-state index contributed by atoms with van der Waals surface area (Å²) in [5.74, 6) is 0.517. The van der Waals surface area contributed by atoms with Crippen LogP contribution in [0.2, 0.25) is 0 Å². The van der Waals surface area contributed by atoms with E-state index < -0.39 is 0 Å². The van der Waals surface area contributed by atoms with E-state index in [2.05, 4.69) is 15.0 Å². The Hall–Kier alpha value is -3.67. The molecule has 0 saturated carbocycles. The maximum atomic E-state index is 13.4. The Morgan fingerprint density at radius 1 is 1.00 bits per heavy atom. The molecule has 0 bridgehead atoms. The van der Waals surface area contributed by atoms with Gasteiger partial charge in [0.25, 0.3) is 11.5 Å². The summed E-state index contributed by atoms with van der Waals surface area (Å²) < 4.78 is 0. The first-order valence-electron chi connectivity index (χ1n) is 10.2. The van der Waals surface area contributed by atoms with Crippen molar-refractivity contribution in [3.8, 4) is 11.3 Å². The monoisotopic (exact) mass is 398 g/mol. The fourth-order valence-corrected chi connectivity index (χ4v) is 4.19. The molecular formula is C24H22N4O2. The lowest BCUT2D eigenvalue weighted by Crippen LogP contribution is -2.41. The number of amides is 1. The maximum absolute atomic E-state index is 13.4. The molecule has 2 aromatic heterocycles. The molecule has 150 valence electrons. The van der Waals surface area contributed by atoms with Gasteiger partial charge in [0, 0.05) is 12.1 Å². The standard InChI is InChI=1S/C24H22N4O2/c29-23-18(14-17-10-4-5-11-19(17)27-23)24(30)28-13-7-6-12-21(28)22-25-15-20(26-22)16-8-2-1-3-9-16/h1-5,8-11,14-15,21H,6-7,12-13H2,(H,25,26)(H,27,29). The van der Waals surface area contributed by atoms with Gasteiger partial charge in [0.1, 0.15) is 11.4 Å². The SMILES string of the molecule is O=C(c1cc2ccccc2[nH]c1=O)N1CCCCC1c1ncc(-c2ccccc2)[nH]1. The largest absolute Gasteiger partial charge is 0.340 e. The van der Waals surface area contributed by atoms with E-state index in [4.69, 9.17) is 0 Å². The van der Waals surface area contributed by atoms with Crippen LogP contribution < -0.4 is 5.56 Å². The molecule has 6 heteroatoms. The van der Waals surface area contributed by atoms with Gasteiger partial charge in [-0.25, -0.2) is 4.98 Å². The van der Waals surface area contributed by atoms with Gasteiger partial charge in [-0.2, -0.15) is 0 Å². The molecule has 1 fully saturated rings. The van der Waals surface area contributed by atoms with Crippen molar-refractivity contribution in [2.24, 2.45) is 0 Å². The number of carbonyl (C=O) groups excluding carboxylic acids is 1. The van der Waals surface area contributed by atoms with E-state index >= 15 is 0 Å². The van der Waals surface area contributed by atoms with Gasteiger partial charge in [-0.05, 0) is 42.3 Å². The van der Waals surface area contributed by atoms with Gasteiger partial charge in [0.2, 0.25) is 0 Å². The molecule has 0 radical (unpaired) electrons. The van der Waals surface area contributed by atoms with Crippen LogP contribution in [0.15, 0.2) is 71.7 Å². The summed E-state index contributed by atoms with van der Waals surface area (Å²) in [6, 6.07) is 19.0. The summed E-state index contributed by atoms with van der Waals surface area (Å²) in [6.45, 7) is 0.608. The van der Waals surface area contributed by atoms with Crippen LogP contribution in [0.4, 0.5) is 0 Å². The van der Waals surface area contributed by atoms with Crippen molar-refractivity contribution in [1.29, 1.82) is 0 Å². The lowest BCUT2D eigenvalue weighted by atomic mass is 10.00. The normalized spacial score (nSPS) is 16.7. The van der Waals surface area contributed by atoms with Gasteiger partial charge < -0.3 is 14.9 Å². The quantitative estimate of drug-likeness (QED) is 0.540. The summed E-state index contributed by atoms with van der Waals surface area (Å²) in [6.07, 6.45) is 4.56. The number of imidazole rings is 1. The highest BCUT2D eigenvalue weighted by Crippen LogP contribution is 2.31. The zero-order chi connectivity index (χ0) is 20.5. The summed E-state index contributed by atoms with van der Waals surface area (Å²) >= 11 is 0. The van der Waals surface area contributed by atoms with E-state index in [1.54, 1.807) is 11.0 Å². The van der Waals surface area contributed by atoms with Crippen molar-refractivity contribution in [3.05, 3.63) is 88.6 Å². The third kappa shape index (κ3) is 3.30. The predicted octanol–water partition coefficient (Wildman–Crippen LogP) is 4.29. The predicted molar refractivity (Wildman–Crippen MR) is 116 cm³/mol. The van der Waals surface area contributed by atoms with Gasteiger partial charge in [0.05, 0.1) is 17.9 Å². The van der Waals surface area contributed by atoms with E-state index in [1.807, 2.05) is 60.8 Å². The minimum atomic E-state index is -0.354. The molecule has 1 unspecified atom stereocenters. The Bertz CT molecular complexity index is 1260. The van der Waals surface area contributed by atoms with Crippen LogP contribution in [0.5, 0.6) is 0 Å². The van der Waals surface area contributed by atoms with E-state index in [9.17, 15) is 9.59 Å². The summed E-state index contributed by atoms with van der Waals surface area (Å²) in [4.78, 5) is 38.6. The number of hydrogen-bond acceptors (Lipinski definition) is 3. The Morgan fingerprint density at radius 3 is 2.67 bits per heavy atom. The number of carbonyl (C=O) groups is 1. The molecule has 0 aliphatic carbocycles. The van der Waals surface area contributed by atoms with Crippen LogP contribution >= 0.6 is 0 Å². The highest BCUT2D eigenvalue weighted by atomic mass is 16.2. The Kier molecular flexibility index (Phi) is 4.67. The summed E-state index contributed by atoms with van der Waals surface area (Å²) in [7, 11) is 0. The first-order chi connectivity index (χ1) is 14.7. The molecule has 1 aliphatic rings. The minimum absolute atomic E-state index is 0.172. The smallest absolute Gasteiger partial charge is 0.261 e. The van der Waals surface area contributed by atoms with Crippen LogP contribution in [0, 0.1) is 0 Å². The number of aromatic nitrogens is 3. The highest BCUT2D eigenvalue weighted by molar-refractivity contribution is 5.97. The van der Waals surface area contributed by atoms with E-state index in [0.29, 0.717) is 6.54 Å². The van der Waals surface area contributed by atoms with E-state index in [0.717, 1.165) is 47.2 Å². The molecular weight excluding hydrogens is 376 g/mol. The summed E-state index contributed by atoms with van der Waals surface area (Å²) in [5.41, 5.74) is 2.53. The number of para-hydroxylation sites is 1. The number of rotatable bonds is 3. The number of pyridine rings is 1. The second-order valence-corrected chi connectivity index (χ2v) is 7.66. The van der Waals surface area contributed by atoms with Gasteiger partial charge in [-0.1, -0.05) is 48.5 Å². The maximum Gasteiger partial charge on any atom is 0.261 e. The third-order valence-corrected chi connectivity index (χ3v) is 5.74. The van der Waals surface area contributed by atoms with Crippen molar-refractivity contribution in [2.75, 3.05) is 6.54 Å². The van der Waals surface area contributed by atoms with Gasteiger partial charge in [-0.3, -0.25) is 9.59 Å². The Balaban J connectivity index is 1.49. The Morgan fingerprint density at radius 2 is 1.80 bits per heavy atom. The van der Waals surface area contributed by atoms with E-state index in [1.165, 1.54) is 0 Å². The molecule has 1 amide bonds. The van der Waals surface area contributed by atoms with Crippen LogP contribution in [-0.4, -0.2) is 32.3 Å². The second kappa shape index (κ2) is 7.63. The number of nitrogens with one attached hydrogen (secondary N) is 2. The zero-order valence-corrected chi connectivity index (χ0v) is 16.5. The number of benzene rings is 2. The fraction of sp³-hybridized carbons (Fsp3) is 0.208. The Labute approximate surface area is 173 Å². The molecule has 1 atom stereocenters. The molecule has 5 rings (SSSR count). The average molecular weight is 398 g/mol. The van der Waals surface area contributed by atoms with Gasteiger partial charge >= 0.3 is 0 Å².